The molecule has 200 valence electrons. The minimum atomic E-state index is -3.24. The summed E-state index contributed by atoms with van der Waals surface area (Å²) in [5, 5.41) is 12.6. The first-order chi connectivity index (χ1) is 16.9. The zero-order valence-electron chi connectivity index (χ0n) is 20.0. The molecule has 36 heavy (non-hydrogen) atoms. The Kier molecular flexibility index (Phi) is 8.03. The molecular formula is C23H31F4N5O3S. The minimum absolute atomic E-state index is 0.0272. The lowest BCUT2D eigenvalue weighted by Gasteiger charge is -2.34. The van der Waals surface area contributed by atoms with Gasteiger partial charge in [0.15, 0.2) is 0 Å². The van der Waals surface area contributed by atoms with Crippen molar-refractivity contribution in [1.82, 2.24) is 19.2 Å². The van der Waals surface area contributed by atoms with Gasteiger partial charge >= 0.3 is 0 Å². The molecule has 2 aromatic rings. The first-order valence-electron chi connectivity index (χ1n) is 12.0. The monoisotopic (exact) mass is 533 g/mol. The Labute approximate surface area is 207 Å². The predicted octanol–water partition coefficient (Wildman–Crippen LogP) is 3.21. The van der Waals surface area contributed by atoms with Crippen LogP contribution in [0.15, 0.2) is 18.3 Å². The van der Waals surface area contributed by atoms with Gasteiger partial charge in [0.05, 0.1) is 18.3 Å². The Balaban J connectivity index is 1.53. The van der Waals surface area contributed by atoms with Gasteiger partial charge in [0, 0.05) is 36.3 Å². The van der Waals surface area contributed by atoms with E-state index in [2.05, 4.69) is 15.3 Å². The molecule has 0 atom stereocenters. The highest BCUT2D eigenvalue weighted by molar-refractivity contribution is 7.88. The molecule has 1 aromatic heterocycles. The van der Waals surface area contributed by atoms with Crippen LogP contribution in [0.2, 0.25) is 0 Å². The number of aliphatic hydroxyl groups is 1. The van der Waals surface area contributed by atoms with Gasteiger partial charge in [-0.2, -0.15) is 0 Å². The average molecular weight is 534 g/mol. The zero-order chi connectivity index (χ0) is 26.1. The van der Waals surface area contributed by atoms with Gasteiger partial charge in [-0.15, -0.1) is 0 Å². The molecule has 0 saturated carbocycles. The Morgan fingerprint density at radius 3 is 2.39 bits per heavy atom. The summed E-state index contributed by atoms with van der Waals surface area (Å²) in [6, 6.07) is 2.80. The second-order valence-corrected chi connectivity index (χ2v) is 11.7. The highest BCUT2D eigenvalue weighted by atomic mass is 32.2. The van der Waals surface area contributed by atoms with Crippen LogP contribution >= 0.6 is 0 Å². The zero-order valence-corrected chi connectivity index (χ0v) is 20.8. The van der Waals surface area contributed by atoms with E-state index in [4.69, 9.17) is 5.11 Å². The number of fused-ring (bicyclic) bond motifs is 1. The van der Waals surface area contributed by atoms with Crippen molar-refractivity contribution in [3.05, 3.63) is 29.5 Å². The third-order valence-electron chi connectivity index (χ3n) is 6.96. The quantitative estimate of drug-likeness (QED) is 0.503. The predicted molar refractivity (Wildman–Crippen MR) is 128 cm³/mol. The number of alkyl halides is 4. The highest BCUT2D eigenvalue weighted by Crippen LogP contribution is 2.36. The number of nitrogens with zero attached hydrogens (tertiary/aromatic N) is 4. The molecule has 0 spiro atoms. The van der Waals surface area contributed by atoms with E-state index < -0.39 is 35.5 Å². The van der Waals surface area contributed by atoms with Crippen LogP contribution in [0.25, 0.3) is 10.9 Å². The third kappa shape index (κ3) is 6.42. The number of hydrogen-bond donors (Lipinski definition) is 2. The number of hydrogen-bond acceptors (Lipinski definition) is 7. The van der Waals surface area contributed by atoms with E-state index in [1.165, 1.54) is 28.9 Å². The maximum Gasteiger partial charge on any atom is 0.283 e. The summed E-state index contributed by atoms with van der Waals surface area (Å²) in [4.78, 5) is 10.5. The normalized spacial score (nSPS) is 19.9. The summed E-state index contributed by atoms with van der Waals surface area (Å²) in [6.07, 6.45) is 2.19. The van der Waals surface area contributed by atoms with Crippen molar-refractivity contribution in [2.24, 2.45) is 0 Å². The van der Waals surface area contributed by atoms with Gasteiger partial charge in [0.1, 0.15) is 6.61 Å². The molecule has 0 amide bonds. The molecule has 4 rings (SSSR count). The lowest BCUT2D eigenvalue weighted by Crippen LogP contribution is -2.43. The molecule has 2 fully saturated rings. The van der Waals surface area contributed by atoms with Gasteiger partial charge < -0.3 is 10.4 Å². The lowest BCUT2D eigenvalue weighted by atomic mass is 9.87. The third-order valence-corrected chi connectivity index (χ3v) is 8.26. The number of piperidine rings is 2. The van der Waals surface area contributed by atoms with Gasteiger partial charge in [-0.25, -0.2) is 40.3 Å². The molecule has 3 heterocycles. The fourth-order valence-corrected chi connectivity index (χ4v) is 5.87. The van der Waals surface area contributed by atoms with Crippen LogP contribution < -0.4 is 5.32 Å². The first kappa shape index (κ1) is 27.0. The van der Waals surface area contributed by atoms with Crippen molar-refractivity contribution in [3.8, 4) is 0 Å². The van der Waals surface area contributed by atoms with Crippen LogP contribution in [0.3, 0.4) is 0 Å². The van der Waals surface area contributed by atoms with E-state index in [-0.39, 0.29) is 17.5 Å². The molecule has 2 aliphatic heterocycles. The van der Waals surface area contributed by atoms with Crippen LogP contribution in [-0.4, -0.2) is 90.2 Å². The average Bonchev–Trinajstić information content (AvgIpc) is 2.83. The Bertz CT molecular complexity index is 1170. The standard InChI is InChI=1S/C23H31F4N5O3S/c1-36(34,35)32-8-4-18(5-9-32)29-22-28-12-17-10-16(21(24)25)11-19(20(17)30-22)15-2-6-31(7-3-15)13-23(26,27)14-33/h10-12,15,18,21,33H,2-9,13-14H2,1H3,(H,28,29,30). The van der Waals surface area contributed by atoms with Gasteiger partial charge in [-0.3, -0.25) is 4.90 Å². The number of nitrogens with one attached hydrogen (secondary N) is 1. The maximum absolute atomic E-state index is 13.6. The van der Waals surface area contributed by atoms with E-state index in [1.807, 2.05) is 0 Å². The number of likely N-dealkylation sites (tertiary alicyclic amines) is 1. The van der Waals surface area contributed by atoms with Crippen molar-refractivity contribution < 1.29 is 31.1 Å². The van der Waals surface area contributed by atoms with Crippen molar-refractivity contribution in [2.45, 2.75) is 50.0 Å². The fourth-order valence-electron chi connectivity index (χ4n) is 5.00. The Morgan fingerprint density at radius 2 is 1.81 bits per heavy atom. The Hall–Kier alpha value is -2.09. The van der Waals surface area contributed by atoms with E-state index in [1.54, 1.807) is 4.90 Å². The van der Waals surface area contributed by atoms with Gasteiger partial charge in [0.25, 0.3) is 12.3 Å². The molecule has 8 nitrogen and oxygen atoms in total. The number of aromatic nitrogens is 2. The number of sulfonamides is 1. The van der Waals surface area contributed by atoms with Crippen molar-refractivity contribution >= 4 is 26.9 Å². The fraction of sp³-hybridized carbons (Fsp3) is 0.652. The van der Waals surface area contributed by atoms with Crippen LogP contribution in [-0.2, 0) is 10.0 Å². The van der Waals surface area contributed by atoms with Gasteiger partial charge in [-0.1, -0.05) is 0 Å². The molecule has 2 aliphatic rings. The summed E-state index contributed by atoms with van der Waals surface area (Å²) in [6.45, 7) is -0.260. The number of anilines is 1. The second-order valence-electron chi connectivity index (χ2n) is 9.69. The van der Waals surface area contributed by atoms with E-state index in [0.717, 1.165) is 0 Å². The number of halogens is 4. The molecule has 0 radical (unpaired) electrons. The first-order valence-corrected chi connectivity index (χ1v) is 13.8. The molecule has 13 heteroatoms. The van der Waals surface area contributed by atoms with E-state index in [0.29, 0.717) is 74.3 Å². The maximum atomic E-state index is 13.6. The highest BCUT2D eigenvalue weighted by Gasteiger charge is 2.33. The summed E-state index contributed by atoms with van der Waals surface area (Å²) < 4.78 is 79.3. The smallest absolute Gasteiger partial charge is 0.283 e. The van der Waals surface area contributed by atoms with Crippen molar-refractivity contribution in [3.63, 3.8) is 0 Å². The van der Waals surface area contributed by atoms with Crippen LogP contribution in [0.1, 0.15) is 49.2 Å². The van der Waals surface area contributed by atoms with Crippen LogP contribution in [0.5, 0.6) is 0 Å². The van der Waals surface area contributed by atoms with Gasteiger partial charge in [-0.05, 0) is 62.4 Å². The van der Waals surface area contributed by atoms with Crippen LogP contribution in [0, 0.1) is 0 Å². The molecular weight excluding hydrogens is 502 g/mol. The summed E-state index contributed by atoms with van der Waals surface area (Å²) >= 11 is 0. The summed E-state index contributed by atoms with van der Waals surface area (Å²) in [5.41, 5.74) is 1.06. The van der Waals surface area contributed by atoms with E-state index in [9.17, 15) is 26.0 Å². The minimum Gasteiger partial charge on any atom is -0.390 e. The second kappa shape index (κ2) is 10.7. The summed E-state index contributed by atoms with van der Waals surface area (Å²) in [5.74, 6) is -2.97. The van der Waals surface area contributed by atoms with Gasteiger partial charge in [0.2, 0.25) is 16.0 Å². The number of aliphatic hydroxyl groups excluding tert-OH is 1. The summed E-state index contributed by atoms with van der Waals surface area (Å²) in [7, 11) is -3.24. The van der Waals surface area contributed by atoms with Crippen LogP contribution in [0.4, 0.5) is 23.5 Å². The van der Waals surface area contributed by atoms with Crippen molar-refractivity contribution in [2.75, 3.05) is 50.9 Å². The molecule has 2 saturated heterocycles. The van der Waals surface area contributed by atoms with Crippen molar-refractivity contribution in [1.29, 1.82) is 0 Å². The SMILES string of the molecule is CS(=O)(=O)N1CCC(Nc2ncc3cc(C(F)F)cc(C4CCN(CC(F)(F)CO)CC4)c3n2)CC1. The molecule has 2 N–H and O–H groups in total. The topological polar surface area (TPSA) is 98.7 Å². The molecule has 0 aliphatic carbocycles. The molecule has 0 bridgehead atoms. The van der Waals surface area contributed by atoms with E-state index >= 15 is 0 Å². The molecule has 1 aromatic carbocycles. The number of rotatable bonds is 8. The largest absolute Gasteiger partial charge is 0.390 e. The molecule has 0 unspecified atom stereocenters. The Morgan fingerprint density at radius 1 is 1.14 bits per heavy atom. The number of benzene rings is 1. The lowest BCUT2D eigenvalue weighted by molar-refractivity contribution is -0.0758.